The van der Waals surface area contributed by atoms with Gasteiger partial charge in [0, 0.05) is 37.7 Å². The molecule has 4 rings (SSSR count). The van der Waals surface area contributed by atoms with Gasteiger partial charge >= 0.3 is 5.97 Å². The maximum atomic E-state index is 14.0. The number of methoxy groups -OCH3 is 1. The Morgan fingerprint density at radius 1 is 0.846 bits per heavy atom. The molecule has 1 spiro atoms. The largest absolute Gasteiger partial charge is 0.790 e. The number of phosphoric ester groups is 1. The number of epoxide rings is 1. The Labute approximate surface area is 307 Å². The van der Waals surface area contributed by atoms with Crippen molar-refractivity contribution in [3.63, 3.8) is 0 Å². The number of aliphatic hydroxyl groups is 2. The van der Waals surface area contributed by atoms with E-state index in [1.54, 1.807) is 41.5 Å². The summed E-state index contributed by atoms with van der Waals surface area (Å²) in [5, 5.41) is 21.9. The first kappa shape index (κ1) is 43.6. The van der Waals surface area contributed by atoms with Crippen molar-refractivity contribution in [1.82, 2.24) is 0 Å². The van der Waals surface area contributed by atoms with E-state index in [1.807, 2.05) is 27.9 Å². The smallest absolute Gasteiger partial charge is 0.311 e. The molecule has 0 radical (unpaired) electrons. The van der Waals surface area contributed by atoms with Gasteiger partial charge in [0.1, 0.15) is 18.2 Å². The number of hydrogen-bond donors (Lipinski definition) is 3. The number of nitrogens with one attached hydrogen (secondary N) is 1. The number of aliphatic hydroxyl groups excluding tert-OH is 2. The normalized spacial score (nSPS) is 47.3. The second kappa shape index (κ2) is 17.4. The molecule has 4 heterocycles. The first-order chi connectivity index (χ1) is 24.1. The SMILES string of the molecule is CO[C@H]1C[C@H](O[C@H]2[C@H](C)[C@@H](O[C@@H]3O[C@H](C)C[C@H]([NH+](C)C)[C@H]3OP(=O)([O-])[O-])[C@@H](C)C[C@@]3(CO3)C(=O)[C@H](C)[C@@H](O)[C@@H](C)[C@@H](C)OC(=O)[C@@H]2C)O[C@@H](C)[C@@H]1O. The van der Waals surface area contributed by atoms with E-state index in [4.69, 9.17) is 37.7 Å². The zero-order valence-corrected chi connectivity index (χ0v) is 33.2. The van der Waals surface area contributed by atoms with Crippen LogP contribution in [0, 0.1) is 29.6 Å². The van der Waals surface area contributed by atoms with Gasteiger partial charge in [-0.25, -0.2) is 0 Å². The van der Waals surface area contributed by atoms with E-state index in [1.165, 1.54) is 7.11 Å². The van der Waals surface area contributed by atoms with Crippen molar-refractivity contribution in [3.8, 4) is 0 Å². The van der Waals surface area contributed by atoms with Gasteiger partial charge in [-0.15, -0.1) is 0 Å². The first-order valence-corrected chi connectivity index (χ1v) is 20.0. The summed E-state index contributed by atoms with van der Waals surface area (Å²) in [7, 11) is -0.413. The molecule has 0 aliphatic carbocycles. The molecule has 0 unspecified atom stereocenters. The van der Waals surface area contributed by atoms with E-state index in [9.17, 15) is 34.2 Å². The van der Waals surface area contributed by atoms with E-state index in [0.717, 1.165) is 4.90 Å². The fraction of sp³-hybridized carbons (Fsp3) is 0.943. The third-order valence-corrected chi connectivity index (χ3v) is 12.2. The van der Waals surface area contributed by atoms with Crippen LogP contribution < -0.4 is 14.7 Å². The van der Waals surface area contributed by atoms with Crippen molar-refractivity contribution in [2.75, 3.05) is 27.8 Å². The molecule has 0 aromatic rings. The molecule has 3 N–H and O–H groups in total. The van der Waals surface area contributed by atoms with E-state index in [0.29, 0.717) is 6.42 Å². The van der Waals surface area contributed by atoms with Gasteiger partial charge in [-0.05, 0) is 40.0 Å². The Balaban J connectivity index is 1.80. The molecule has 18 atom stereocenters. The molecule has 4 aliphatic heterocycles. The Bertz CT molecular complexity index is 1260. The highest BCUT2D eigenvalue weighted by Gasteiger charge is 2.57. The summed E-state index contributed by atoms with van der Waals surface area (Å²) in [6.07, 6.45) is -9.34. The minimum Gasteiger partial charge on any atom is -0.790 e. The standard InChI is InChI=1S/C35H62NO15P/c1-16-14-35(15-45-35)32(39)19(4)27(37)18(3)22(7)48-33(40)21(6)30(49-26-13-25(44-11)28(38)23(8)47-26)20(5)29(16)50-34-31(51-52(41,42)43)24(36(9)10)12-17(2)46-34/h16-31,34,37-38H,12-15H2,1-11H3,(H2,41,42,43)/p-1/t16-,17+,18-,19+,20+,21+,22+,23-,24-,25-,26-,27-,28-,29-,30-,31+,34-,35+/m0/s1. The maximum Gasteiger partial charge on any atom is 0.311 e. The second-order valence-electron chi connectivity index (χ2n) is 16.0. The van der Waals surface area contributed by atoms with Gasteiger partial charge in [-0.2, -0.15) is 0 Å². The average Bonchev–Trinajstić information content (AvgIpc) is 3.85. The molecule has 16 nitrogen and oxygen atoms in total. The molecule has 52 heavy (non-hydrogen) atoms. The summed E-state index contributed by atoms with van der Waals surface area (Å²) >= 11 is 0. The number of phosphoric acid groups is 1. The number of ether oxygens (including phenoxy) is 7. The number of rotatable bonds is 8. The monoisotopic (exact) mass is 766 g/mol. The van der Waals surface area contributed by atoms with E-state index in [2.05, 4.69) is 0 Å². The van der Waals surface area contributed by atoms with Gasteiger partial charge in [-0.1, -0.05) is 27.7 Å². The third-order valence-electron chi connectivity index (χ3n) is 11.7. The zero-order chi connectivity index (χ0) is 39.0. The van der Waals surface area contributed by atoms with Gasteiger partial charge in [0.25, 0.3) is 0 Å². The maximum absolute atomic E-state index is 14.0. The molecule has 17 heteroatoms. The number of ketones is 1. The molecule has 0 saturated carbocycles. The summed E-state index contributed by atoms with van der Waals surface area (Å²) in [6.45, 7) is 13.9. The van der Waals surface area contributed by atoms with Crippen LogP contribution in [0.5, 0.6) is 0 Å². The topological polar surface area (TPSA) is 219 Å². The molecular weight excluding hydrogens is 705 g/mol. The van der Waals surface area contributed by atoms with Crippen LogP contribution in [0.1, 0.15) is 74.7 Å². The van der Waals surface area contributed by atoms with Gasteiger partial charge in [0.2, 0.25) is 0 Å². The Morgan fingerprint density at radius 3 is 2.04 bits per heavy atom. The predicted molar refractivity (Wildman–Crippen MR) is 179 cm³/mol. The fourth-order valence-corrected chi connectivity index (χ4v) is 8.77. The van der Waals surface area contributed by atoms with E-state index < -0.39 is 123 Å². The quantitative estimate of drug-likeness (QED) is 0.159. The van der Waals surface area contributed by atoms with Crippen LogP contribution >= 0.6 is 7.82 Å². The fourth-order valence-electron chi connectivity index (χ4n) is 8.23. The van der Waals surface area contributed by atoms with Crippen LogP contribution in [-0.2, 0) is 51.8 Å². The molecule has 4 fully saturated rings. The van der Waals surface area contributed by atoms with Crippen molar-refractivity contribution in [3.05, 3.63) is 0 Å². The second-order valence-corrected chi connectivity index (χ2v) is 17.1. The lowest BCUT2D eigenvalue weighted by atomic mass is 9.76. The number of Topliss-reactive ketones (excluding diaryl/α,β-unsaturated/α-hetero) is 1. The summed E-state index contributed by atoms with van der Waals surface area (Å²) in [6, 6.07) is -0.505. The first-order valence-electron chi connectivity index (χ1n) is 18.5. The van der Waals surface area contributed by atoms with Gasteiger partial charge in [0.05, 0.1) is 71.1 Å². The lowest BCUT2D eigenvalue weighted by molar-refractivity contribution is -0.893. The number of hydrogen-bond acceptors (Lipinski definition) is 15. The van der Waals surface area contributed by atoms with E-state index >= 15 is 0 Å². The average molecular weight is 767 g/mol. The lowest BCUT2D eigenvalue weighted by Crippen LogP contribution is -3.12. The number of quaternary nitrogens is 1. The van der Waals surface area contributed by atoms with Crippen molar-refractivity contribution in [1.29, 1.82) is 0 Å². The van der Waals surface area contributed by atoms with Crippen molar-refractivity contribution >= 4 is 19.6 Å². The highest BCUT2D eigenvalue weighted by molar-refractivity contribution is 7.43. The Morgan fingerprint density at radius 2 is 1.48 bits per heavy atom. The van der Waals surface area contributed by atoms with Crippen LogP contribution in [-0.4, -0.2) is 129 Å². The number of carbonyl (C=O) groups is 2. The third kappa shape index (κ3) is 10.00. The minimum atomic E-state index is -5.51. The minimum absolute atomic E-state index is 0.127. The molecule has 0 aromatic heterocycles. The van der Waals surface area contributed by atoms with Crippen molar-refractivity contribution in [2.24, 2.45) is 29.6 Å². The van der Waals surface area contributed by atoms with Gasteiger partial charge in [0.15, 0.2) is 30.1 Å². The molecular formula is C35H61NO15P-. The zero-order valence-electron chi connectivity index (χ0n) is 32.3. The molecule has 4 aliphatic rings. The Kier molecular flexibility index (Phi) is 14.6. The van der Waals surface area contributed by atoms with E-state index in [-0.39, 0.29) is 25.2 Å². The van der Waals surface area contributed by atoms with Crippen molar-refractivity contribution in [2.45, 2.75) is 154 Å². The van der Waals surface area contributed by atoms with Crippen LogP contribution in [0.4, 0.5) is 0 Å². The van der Waals surface area contributed by atoms with Crippen LogP contribution in [0.15, 0.2) is 0 Å². The summed E-state index contributed by atoms with van der Waals surface area (Å²) in [5.41, 5.74) is -1.22. The van der Waals surface area contributed by atoms with Gasteiger partial charge in [-0.3, -0.25) is 9.59 Å². The highest BCUT2D eigenvalue weighted by atomic mass is 31.2. The van der Waals surface area contributed by atoms with Crippen LogP contribution in [0.3, 0.4) is 0 Å². The lowest BCUT2D eigenvalue weighted by Gasteiger charge is -2.47. The molecule has 0 aromatic carbocycles. The molecule has 0 bridgehead atoms. The van der Waals surface area contributed by atoms with Crippen LogP contribution in [0.2, 0.25) is 0 Å². The summed E-state index contributed by atoms with van der Waals surface area (Å²) < 4.78 is 60.1. The highest BCUT2D eigenvalue weighted by Crippen LogP contribution is 2.44. The molecule has 302 valence electrons. The predicted octanol–water partition coefficient (Wildman–Crippen LogP) is -0.656. The number of cyclic esters (lactones) is 1. The summed E-state index contributed by atoms with van der Waals surface area (Å²) in [5.74, 6) is -4.55. The Hall–Kier alpha value is -1.11. The van der Waals surface area contributed by atoms with Gasteiger partial charge < -0.3 is 67.1 Å². The van der Waals surface area contributed by atoms with Crippen molar-refractivity contribution < 1.29 is 76.7 Å². The van der Waals surface area contributed by atoms with Crippen LogP contribution in [0.25, 0.3) is 0 Å². The number of esters is 1. The summed E-state index contributed by atoms with van der Waals surface area (Å²) in [4.78, 5) is 52.8. The number of likely N-dealkylation sites (N-methyl/N-ethyl adjacent to an activating group) is 1. The number of carbonyl (C=O) groups excluding carboxylic acids is 2. The molecule has 4 saturated heterocycles. The molecule has 0 amide bonds.